The van der Waals surface area contributed by atoms with Gasteiger partial charge in [-0.1, -0.05) is 52.3 Å². The highest BCUT2D eigenvalue weighted by atomic mass is 79.9. The van der Waals surface area contributed by atoms with Crippen LogP contribution in [0.1, 0.15) is 11.3 Å². The molecule has 0 atom stereocenters. The summed E-state index contributed by atoms with van der Waals surface area (Å²) in [6.45, 7) is 2.04. The lowest BCUT2D eigenvalue weighted by Gasteiger charge is -2.12. The van der Waals surface area contributed by atoms with E-state index < -0.39 is 0 Å². The number of nitrogens with zero attached hydrogens (tertiary/aromatic N) is 2. The third-order valence-corrected chi connectivity index (χ3v) is 4.71. The number of pyridine rings is 1. The Morgan fingerprint density at radius 1 is 1.00 bits per heavy atom. The van der Waals surface area contributed by atoms with E-state index in [1.807, 2.05) is 37.3 Å². The molecule has 4 aromatic rings. The molecule has 0 N–H and O–H groups in total. The number of rotatable bonds is 1. The van der Waals surface area contributed by atoms with Gasteiger partial charge in [0.1, 0.15) is 6.07 Å². The van der Waals surface area contributed by atoms with Gasteiger partial charge in [0.2, 0.25) is 0 Å². The van der Waals surface area contributed by atoms with Crippen LogP contribution in [0, 0.1) is 18.3 Å². The van der Waals surface area contributed by atoms with Crippen molar-refractivity contribution >= 4 is 32.2 Å². The van der Waals surface area contributed by atoms with Crippen LogP contribution in [-0.4, -0.2) is 4.40 Å². The number of halogens is 1. The van der Waals surface area contributed by atoms with Gasteiger partial charge in [0.05, 0.1) is 11.1 Å². The predicted octanol–water partition coefficient (Wildman–Crippen LogP) is 5.70. The standard InChI is InChI=1S/C20H13BrN2/c1-13-9-15(11-22)20-17-8-7-16(21)10-18(17)19(12-23(13)20)14-5-3-2-4-6-14/h2-10,12H,1H3. The van der Waals surface area contributed by atoms with Gasteiger partial charge in [-0.3, -0.25) is 0 Å². The van der Waals surface area contributed by atoms with Crippen LogP contribution in [0.2, 0.25) is 0 Å². The lowest BCUT2D eigenvalue weighted by Crippen LogP contribution is -1.92. The van der Waals surface area contributed by atoms with Gasteiger partial charge in [-0.25, -0.2) is 0 Å². The first-order valence-corrected chi connectivity index (χ1v) is 8.18. The molecule has 0 spiro atoms. The van der Waals surface area contributed by atoms with E-state index in [4.69, 9.17) is 0 Å². The van der Waals surface area contributed by atoms with Gasteiger partial charge in [0.15, 0.2) is 0 Å². The van der Waals surface area contributed by atoms with Crippen LogP contribution < -0.4 is 0 Å². The van der Waals surface area contributed by atoms with E-state index in [0.29, 0.717) is 0 Å². The van der Waals surface area contributed by atoms with E-state index in [-0.39, 0.29) is 0 Å². The summed E-state index contributed by atoms with van der Waals surface area (Å²) >= 11 is 3.57. The Kier molecular flexibility index (Phi) is 3.21. The zero-order chi connectivity index (χ0) is 16.0. The molecule has 0 saturated carbocycles. The zero-order valence-corrected chi connectivity index (χ0v) is 14.1. The van der Waals surface area contributed by atoms with Crippen molar-refractivity contribution in [1.82, 2.24) is 4.40 Å². The first kappa shape index (κ1) is 14.0. The monoisotopic (exact) mass is 360 g/mol. The summed E-state index contributed by atoms with van der Waals surface area (Å²) < 4.78 is 3.16. The average molecular weight is 361 g/mol. The number of fused-ring (bicyclic) bond motifs is 3. The number of aryl methyl sites for hydroxylation is 1. The molecule has 0 fully saturated rings. The maximum atomic E-state index is 9.48. The lowest BCUT2D eigenvalue weighted by molar-refractivity contribution is 1.12. The van der Waals surface area contributed by atoms with E-state index in [0.717, 1.165) is 37.6 Å². The maximum Gasteiger partial charge on any atom is 0.101 e. The maximum absolute atomic E-state index is 9.48. The molecule has 0 unspecified atom stereocenters. The summed E-state index contributed by atoms with van der Waals surface area (Å²) in [5, 5.41) is 11.7. The normalized spacial score (nSPS) is 11.0. The highest BCUT2D eigenvalue weighted by Crippen LogP contribution is 2.35. The Labute approximate surface area is 142 Å². The molecule has 2 aromatic heterocycles. The summed E-state index contributed by atoms with van der Waals surface area (Å²) in [7, 11) is 0. The van der Waals surface area contributed by atoms with Gasteiger partial charge in [0, 0.05) is 27.3 Å². The molecule has 0 bridgehead atoms. The minimum Gasteiger partial charge on any atom is -0.319 e. The van der Waals surface area contributed by atoms with Gasteiger partial charge in [-0.05, 0) is 36.1 Å². The number of hydrogen-bond acceptors (Lipinski definition) is 1. The smallest absolute Gasteiger partial charge is 0.101 e. The molecule has 0 radical (unpaired) electrons. The summed E-state index contributed by atoms with van der Waals surface area (Å²) in [4.78, 5) is 0. The fourth-order valence-electron chi connectivity index (χ4n) is 3.17. The van der Waals surface area contributed by atoms with Crippen molar-refractivity contribution < 1.29 is 0 Å². The van der Waals surface area contributed by atoms with Gasteiger partial charge < -0.3 is 4.40 Å². The van der Waals surface area contributed by atoms with Crippen LogP contribution in [-0.2, 0) is 0 Å². The van der Waals surface area contributed by atoms with Gasteiger partial charge in [-0.15, -0.1) is 0 Å². The Balaban J connectivity index is 2.24. The molecule has 4 rings (SSSR count). The molecule has 2 aromatic carbocycles. The zero-order valence-electron chi connectivity index (χ0n) is 12.5. The minimum absolute atomic E-state index is 0.717. The van der Waals surface area contributed by atoms with Crippen LogP contribution in [0.4, 0.5) is 0 Å². The Hall–Kier alpha value is -2.57. The molecule has 0 aliphatic carbocycles. The minimum atomic E-state index is 0.717. The Morgan fingerprint density at radius 3 is 2.52 bits per heavy atom. The van der Waals surface area contributed by atoms with Crippen molar-refractivity contribution in [2.45, 2.75) is 6.92 Å². The summed E-state index contributed by atoms with van der Waals surface area (Å²) in [6, 6.07) is 20.9. The molecule has 0 amide bonds. The number of hydrogen-bond donors (Lipinski definition) is 0. The molecule has 110 valence electrons. The molecule has 23 heavy (non-hydrogen) atoms. The van der Waals surface area contributed by atoms with Gasteiger partial charge >= 0.3 is 0 Å². The number of benzene rings is 2. The average Bonchev–Trinajstić information content (AvgIpc) is 2.91. The molecule has 2 nitrogen and oxygen atoms in total. The molecule has 0 saturated heterocycles. The summed E-state index contributed by atoms with van der Waals surface area (Å²) in [5.41, 5.74) is 5.10. The van der Waals surface area contributed by atoms with Crippen molar-refractivity contribution in [2.24, 2.45) is 0 Å². The van der Waals surface area contributed by atoms with Crippen molar-refractivity contribution in [3.05, 3.63) is 76.5 Å². The van der Waals surface area contributed by atoms with E-state index in [9.17, 15) is 5.26 Å². The predicted molar refractivity (Wildman–Crippen MR) is 97.5 cm³/mol. The molecular weight excluding hydrogens is 348 g/mol. The number of nitriles is 1. The van der Waals surface area contributed by atoms with E-state index >= 15 is 0 Å². The molecule has 3 heteroatoms. The van der Waals surface area contributed by atoms with Crippen molar-refractivity contribution in [3.63, 3.8) is 0 Å². The summed E-state index contributed by atoms with van der Waals surface area (Å²) in [5.74, 6) is 0. The molecular formula is C20H13BrN2. The van der Waals surface area contributed by atoms with E-state index in [1.165, 1.54) is 5.56 Å². The fraction of sp³-hybridized carbons (Fsp3) is 0.0500. The van der Waals surface area contributed by atoms with Crippen molar-refractivity contribution in [2.75, 3.05) is 0 Å². The molecule has 0 aliphatic heterocycles. The Bertz CT molecular complexity index is 1090. The van der Waals surface area contributed by atoms with Crippen LogP contribution in [0.5, 0.6) is 0 Å². The molecule has 0 aliphatic rings. The van der Waals surface area contributed by atoms with Gasteiger partial charge in [0.25, 0.3) is 0 Å². The quantitative estimate of drug-likeness (QED) is 0.427. The Morgan fingerprint density at radius 2 is 1.78 bits per heavy atom. The van der Waals surface area contributed by atoms with Gasteiger partial charge in [-0.2, -0.15) is 5.26 Å². The number of aromatic nitrogens is 1. The SMILES string of the molecule is Cc1cc(C#N)c2c3ccc(Br)cc3c(-c3ccccc3)cn12. The third kappa shape index (κ3) is 2.15. The second-order valence-corrected chi connectivity index (χ2v) is 6.54. The van der Waals surface area contributed by atoms with E-state index in [1.54, 1.807) is 0 Å². The highest BCUT2D eigenvalue weighted by molar-refractivity contribution is 9.10. The molecule has 2 heterocycles. The highest BCUT2D eigenvalue weighted by Gasteiger charge is 2.14. The lowest BCUT2D eigenvalue weighted by atomic mass is 9.99. The second kappa shape index (κ2) is 5.26. The fourth-order valence-corrected chi connectivity index (χ4v) is 3.53. The van der Waals surface area contributed by atoms with E-state index in [2.05, 4.69) is 56.9 Å². The second-order valence-electron chi connectivity index (χ2n) is 5.63. The first-order valence-electron chi connectivity index (χ1n) is 7.38. The van der Waals surface area contributed by atoms with Crippen LogP contribution in [0.25, 0.3) is 27.4 Å². The van der Waals surface area contributed by atoms with Crippen LogP contribution >= 0.6 is 15.9 Å². The first-order chi connectivity index (χ1) is 11.2. The van der Waals surface area contributed by atoms with Crippen molar-refractivity contribution in [3.8, 4) is 17.2 Å². The third-order valence-electron chi connectivity index (χ3n) is 4.22. The van der Waals surface area contributed by atoms with Crippen LogP contribution in [0.15, 0.2) is 65.3 Å². The largest absolute Gasteiger partial charge is 0.319 e. The van der Waals surface area contributed by atoms with Crippen molar-refractivity contribution in [1.29, 1.82) is 5.26 Å². The van der Waals surface area contributed by atoms with Crippen LogP contribution in [0.3, 0.4) is 0 Å². The topological polar surface area (TPSA) is 28.2 Å². The summed E-state index contributed by atoms with van der Waals surface area (Å²) in [6.07, 6.45) is 2.13.